The summed E-state index contributed by atoms with van der Waals surface area (Å²) < 4.78 is 341. The summed E-state index contributed by atoms with van der Waals surface area (Å²) in [7, 11) is 0.380. The van der Waals surface area contributed by atoms with Crippen molar-refractivity contribution in [3.8, 4) is 0 Å². The van der Waals surface area contributed by atoms with E-state index in [9.17, 15) is 105 Å². The van der Waals surface area contributed by atoms with Crippen molar-refractivity contribution in [2.75, 3.05) is 20.0 Å². The SMILES string of the molecule is CP(C)C.C[C]1[C](C)[C](C)[C](C)[C]1C.FC(F)(F)c1cc([B-](c2cc(C(F)(F)F)cc(C(F)(F)F)c2)(c2cc(C(F)(F)F)cc(C(F)(F)F)c2)c2cc(C(F)(F)F)cc(C(F)(F)F)c2)cc(C(F)(F)F)c1.[13CH3-].[Ir+3]. The van der Waals surface area contributed by atoms with E-state index in [4.69, 9.17) is 0 Å². The van der Waals surface area contributed by atoms with Gasteiger partial charge in [0.25, 0.3) is 0 Å². The van der Waals surface area contributed by atoms with Gasteiger partial charge in [0.15, 0.2) is 0 Å². The molecule has 1 aliphatic carbocycles. The maximum absolute atomic E-state index is 14.2. The molecule has 4 aromatic carbocycles. The van der Waals surface area contributed by atoms with Crippen molar-refractivity contribution in [3.05, 3.63) is 154 Å². The molecule has 0 aliphatic heterocycles. The second-order valence-electron chi connectivity index (χ2n) is 16.7. The van der Waals surface area contributed by atoms with Crippen molar-refractivity contribution in [2.45, 2.75) is 84.0 Å². The van der Waals surface area contributed by atoms with Gasteiger partial charge >= 0.3 is 69.5 Å². The van der Waals surface area contributed by atoms with E-state index in [1.165, 1.54) is 29.6 Å². The first kappa shape index (κ1) is 67.4. The molecule has 73 heavy (non-hydrogen) atoms. The molecule has 0 unspecified atom stereocenters. The zero-order valence-electron chi connectivity index (χ0n) is 38.9. The molecule has 0 aromatic heterocycles. The summed E-state index contributed by atoms with van der Waals surface area (Å²) in [5.74, 6) is 7.34. The number of hydrogen-bond donors (Lipinski definition) is 0. The Labute approximate surface area is 418 Å². The number of rotatable bonds is 4. The molecule has 5 rings (SSSR count). The topological polar surface area (TPSA) is 0 Å². The van der Waals surface area contributed by atoms with Crippen LogP contribution in [0, 0.1) is 37.0 Å². The van der Waals surface area contributed by atoms with Crippen LogP contribution in [0.1, 0.15) is 79.1 Å². The molecule has 0 atom stereocenters. The zero-order valence-corrected chi connectivity index (χ0v) is 42.1. The van der Waals surface area contributed by atoms with E-state index >= 15 is 0 Å². The van der Waals surface area contributed by atoms with Gasteiger partial charge in [-0.3, -0.25) is 0 Å². The third-order valence-electron chi connectivity index (χ3n) is 11.3. The van der Waals surface area contributed by atoms with Crippen LogP contribution in [0.2, 0.25) is 0 Å². The Morgan fingerprint density at radius 1 is 0.260 bits per heavy atom. The quantitative estimate of drug-likeness (QED) is 0.0628. The van der Waals surface area contributed by atoms with Crippen molar-refractivity contribution < 1.29 is 125 Å². The summed E-state index contributed by atoms with van der Waals surface area (Å²) in [4.78, 5) is 0. The second-order valence-corrected chi connectivity index (χ2v) is 19.4. The van der Waals surface area contributed by atoms with Crippen molar-refractivity contribution in [2.24, 2.45) is 0 Å². The smallest absolute Gasteiger partial charge is 0.358 e. The molecule has 0 N–H and O–H groups in total. The number of hydrogen-bond acceptors (Lipinski definition) is 0. The minimum Gasteiger partial charge on any atom is -0.358 e. The average Bonchev–Trinajstić information content (AvgIpc) is 3.35. The predicted octanol–water partition coefficient (Wildman–Crippen LogP) is 16.0. The molecule has 0 heterocycles. The van der Waals surface area contributed by atoms with Crippen molar-refractivity contribution in [1.82, 2.24) is 0 Å². The van der Waals surface area contributed by atoms with Gasteiger partial charge in [-0.05, 0) is 73.8 Å². The van der Waals surface area contributed by atoms with E-state index in [2.05, 4.69) is 54.6 Å². The van der Waals surface area contributed by atoms with E-state index in [-0.39, 0.29) is 27.5 Å². The molecule has 1 fully saturated rings. The molecular weight excluding hydrogens is 1240 g/mol. The summed E-state index contributed by atoms with van der Waals surface area (Å²) in [6, 6.07) is -8.81. The molecule has 0 saturated heterocycles. The fourth-order valence-electron chi connectivity index (χ4n) is 7.48. The molecule has 4 aromatic rings. The van der Waals surface area contributed by atoms with Crippen LogP contribution in [-0.2, 0) is 69.5 Å². The maximum Gasteiger partial charge on any atom is 3.00 e. The Kier molecular flexibility index (Phi) is 21.1. The number of alkyl halides is 24. The third-order valence-corrected chi connectivity index (χ3v) is 11.3. The summed E-state index contributed by atoms with van der Waals surface area (Å²) >= 11 is 0. The number of halogens is 24. The van der Waals surface area contributed by atoms with Crippen LogP contribution in [0.5, 0.6) is 0 Å². The normalized spacial score (nSPS) is 15.6. The van der Waals surface area contributed by atoms with E-state index in [1.807, 2.05) is 0 Å². The standard InChI is InChI=1S/C32H12BF24.C10H15.C3H9P.CH3.Ir/c34-25(35,36)13-1-14(26(37,38)39)6-21(5-13)33(22-7-15(27(40,41)42)2-16(8-22)28(43,44)45,23-9-17(29(46,47)48)3-18(10-23)30(49,50)51)24-11-19(31(52,53)54)4-20(12-24)32(55,56)57;1-6-7(2)9(4)10(5)8(6)3;1-4(2)3;;/h1-12H;1-5H3;1-3H3;1H3;/q-1;;;-1;+3/i;;;1+1;. The van der Waals surface area contributed by atoms with Gasteiger partial charge < -0.3 is 7.43 Å². The second kappa shape index (κ2) is 22.9. The summed E-state index contributed by atoms with van der Waals surface area (Å²) in [6.07, 6.45) is -54.8. The van der Waals surface area contributed by atoms with Gasteiger partial charge in [-0.15, -0.1) is 7.92 Å². The largest absolute Gasteiger partial charge is 3.00 e. The van der Waals surface area contributed by atoms with Gasteiger partial charge in [0.2, 0.25) is 0 Å². The average molecular weight is 1280 g/mol. The molecule has 0 amide bonds. The molecule has 0 nitrogen and oxygen atoms in total. The van der Waals surface area contributed by atoms with Crippen molar-refractivity contribution >= 4 is 35.9 Å². The first-order valence-electron chi connectivity index (χ1n) is 19.7. The molecular formula is C46H39BF24IrP+. The molecule has 1 saturated carbocycles. The van der Waals surface area contributed by atoms with Gasteiger partial charge in [0.05, 0.1) is 44.5 Å². The Hall–Kier alpha value is -3.66. The Morgan fingerprint density at radius 2 is 0.356 bits per heavy atom. The van der Waals surface area contributed by atoms with Gasteiger partial charge in [-0.1, -0.05) is 83.1 Å². The zero-order chi connectivity index (χ0) is 55.4. The minimum absolute atomic E-state index is 0. The van der Waals surface area contributed by atoms with Gasteiger partial charge in [-0.2, -0.15) is 127 Å². The minimum atomic E-state index is -6.13. The van der Waals surface area contributed by atoms with Crippen LogP contribution in [0.25, 0.3) is 0 Å². The van der Waals surface area contributed by atoms with E-state index < -0.39 is 195 Å². The molecule has 0 bridgehead atoms. The monoisotopic (exact) mass is 1280 g/mol. The fraction of sp³-hybridized carbons (Fsp3) is 0.348. The van der Waals surface area contributed by atoms with Crippen LogP contribution >= 0.6 is 7.92 Å². The first-order chi connectivity index (χ1) is 31.5. The molecule has 407 valence electrons. The fourth-order valence-corrected chi connectivity index (χ4v) is 7.48. The van der Waals surface area contributed by atoms with Gasteiger partial charge in [0.1, 0.15) is 6.15 Å². The molecule has 5 radical (unpaired) electrons. The van der Waals surface area contributed by atoms with Crippen LogP contribution < -0.4 is 21.9 Å². The summed E-state index contributed by atoms with van der Waals surface area (Å²) in [5.41, 5.74) is -30.2. The Bertz CT molecular complexity index is 1990. The van der Waals surface area contributed by atoms with Crippen molar-refractivity contribution in [3.63, 3.8) is 0 Å². The van der Waals surface area contributed by atoms with E-state index in [1.54, 1.807) is 0 Å². The van der Waals surface area contributed by atoms with Gasteiger partial charge in [-0.25, -0.2) is 0 Å². The molecule has 0 spiro atoms. The number of benzene rings is 4. The predicted molar refractivity (Wildman–Crippen MR) is 226 cm³/mol. The van der Waals surface area contributed by atoms with Crippen molar-refractivity contribution in [1.29, 1.82) is 0 Å². The Morgan fingerprint density at radius 3 is 0.438 bits per heavy atom. The van der Waals surface area contributed by atoms with E-state index in [0.717, 1.165) is 0 Å². The van der Waals surface area contributed by atoms with E-state index in [0.29, 0.717) is 7.92 Å². The maximum atomic E-state index is 14.2. The van der Waals surface area contributed by atoms with Crippen LogP contribution in [0.4, 0.5) is 105 Å². The third kappa shape index (κ3) is 16.2. The first-order valence-corrected chi connectivity index (χ1v) is 22.4. The molecule has 1 aliphatic rings. The summed E-state index contributed by atoms with van der Waals surface area (Å²) in [5, 5.41) is 0. The summed E-state index contributed by atoms with van der Waals surface area (Å²) in [6.45, 7) is 17.7. The van der Waals surface area contributed by atoms with Gasteiger partial charge in [0, 0.05) is 0 Å². The Balaban J connectivity index is 0.00000144. The van der Waals surface area contributed by atoms with Crippen LogP contribution in [-0.4, -0.2) is 26.1 Å². The van der Waals surface area contributed by atoms with Crippen LogP contribution in [0.15, 0.2) is 72.8 Å². The van der Waals surface area contributed by atoms with Crippen LogP contribution in [0.3, 0.4) is 0 Å². The molecule has 27 heteroatoms.